The molecule has 6 heteroatoms. The van der Waals surface area contributed by atoms with Gasteiger partial charge in [0, 0.05) is 25.7 Å². The highest BCUT2D eigenvalue weighted by molar-refractivity contribution is 5.97. The van der Waals surface area contributed by atoms with Crippen molar-refractivity contribution in [3.05, 3.63) is 65.5 Å². The maximum Gasteiger partial charge on any atom is 0.257 e. The maximum atomic E-state index is 13.5. The van der Waals surface area contributed by atoms with E-state index in [0.717, 1.165) is 32.1 Å². The van der Waals surface area contributed by atoms with Gasteiger partial charge in [0.15, 0.2) is 0 Å². The lowest BCUT2D eigenvalue weighted by atomic mass is 10.0. The first kappa shape index (κ1) is 24.7. The van der Waals surface area contributed by atoms with Gasteiger partial charge in [-0.2, -0.15) is 0 Å². The van der Waals surface area contributed by atoms with E-state index in [1.54, 1.807) is 23.1 Å². The Morgan fingerprint density at radius 3 is 2.39 bits per heavy atom. The Labute approximate surface area is 196 Å². The third-order valence-corrected chi connectivity index (χ3v) is 6.07. The molecule has 0 N–H and O–H groups in total. The molecule has 1 aliphatic heterocycles. The van der Waals surface area contributed by atoms with Crippen LogP contribution in [0.15, 0.2) is 48.5 Å². The number of halogens is 1. The van der Waals surface area contributed by atoms with Crippen molar-refractivity contribution in [2.75, 3.05) is 26.7 Å². The van der Waals surface area contributed by atoms with Gasteiger partial charge in [-0.05, 0) is 61.6 Å². The van der Waals surface area contributed by atoms with E-state index in [1.165, 1.54) is 12.1 Å². The topological polar surface area (TPSA) is 49.9 Å². The molecule has 1 heterocycles. The summed E-state index contributed by atoms with van der Waals surface area (Å²) in [5.41, 5.74) is 1.01. The molecule has 2 aromatic carbocycles. The van der Waals surface area contributed by atoms with E-state index in [-0.39, 0.29) is 23.7 Å². The first-order valence-corrected chi connectivity index (χ1v) is 11.9. The van der Waals surface area contributed by atoms with Crippen molar-refractivity contribution in [2.24, 2.45) is 5.92 Å². The number of benzene rings is 2. The number of carbonyl (C=O) groups excluding carboxylic acids is 2. The molecule has 0 unspecified atom stereocenters. The van der Waals surface area contributed by atoms with Crippen molar-refractivity contribution in [1.29, 1.82) is 0 Å². The smallest absolute Gasteiger partial charge is 0.257 e. The number of hydrogen-bond acceptors (Lipinski definition) is 3. The molecule has 0 bridgehead atoms. The number of fused-ring (bicyclic) bond motifs is 1. The molecule has 3 rings (SSSR count). The number of carbonyl (C=O) groups is 2. The highest BCUT2D eigenvalue weighted by atomic mass is 19.1. The molecule has 0 aromatic heterocycles. The number of hydrogen-bond donors (Lipinski definition) is 0. The summed E-state index contributed by atoms with van der Waals surface area (Å²) in [5.74, 6) is 0.363. The van der Waals surface area contributed by atoms with Crippen molar-refractivity contribution in [1.82, 2.24) is 9.80 Å². The molecule has 0 saturated carbocycles. The van der Waals surface area contributed by atoms with Gasteiger partial charge in [0.1, 0.15) is 18.2 Å². The summed E-state index contributed by atoms with van der Waals surface area (Å²) in [6, 6.07) is 12.9. The molecule has 0 fully saturated rings. The molecule has 1 aliphatic rings. The third-order valence-electron chi connectivity index (χ3n) is 6.07. The number of amides is 2. The summed E-state index contributed by atoms with van der Waals surface area (Å²) in [4.78, 5) is 30.1. The second-order valence-corrected chi connectivity index (χ2v) is 9.24. The predicted molar refractivity (Wildman–Crippen MR) is 128 cm³/mol. The van der Waals surface area contributed by atoms with Gasteiger partial charge >= 0.3 is 0 Å². The Kier molecular flexibility index (Phi) is 8.87. The van der Waals surface area contributed by atoms with Gasteiger partial charge in [-0.25, -0.2) is 4.39 Å². The largest absolute Gasteiger partial charge is 0.491 e. The summed E-state index contributed by atoms with van der Waals surface area (Å²) >= 11 is 0. The van der Waals surface area contributed by atoms with Crippen LogP contribution in [0.1, 0.15) is 66.7 Å². The van der Waals surface area contributed by atoms with Crippen molar-refractivity contribution in [2.45, 2.75) is 52.0 Å². The van der Waals surface area contributed by atoms with Crippen LogP contribution in [-0.4, -0.2) is 54.4 Å². The second kappa shape index (κ2) is 11.8. The van der Waals surface area contributed by atoms with Crippen LogP contribution in [0.3, 0.4) is 0 Å². The standard InChI is InChI=1S/C27H35FN2O3/c1-20(2)18-23-19-33-25-11-7-6-10-24(25)27(32)29(3)16-8-4-5-9-17-30(23)26(31)21-12-14-22(28)15-13-21/h6-7,10-15,20,23H,4-5,8-9,16-19H2,1-3H3/t23-/m0/s1. The van der Waals surface area contributed by atoms with E-state index < -0.39 is 0 Å². The van der Waals surface area contributed by atoms with Gasteiger partial charge < -0.3 is 14.5 Å². The molecule has 5 nitrogen and oxygen atoms in total. The van der Waals surface area contributed by atoms with Crippen LogP contribution >= 0.6 is 0 Å². The Hall–Kier alpha value is -2.89. The van der Waals surface area contributed by atoms with Crippen LogP contribution in [0.25, 0.3) is 0 Å². The minimum Gasteiger partial charge on any atom is -0.491 e. The van der Waals surface area contributed by atoms with Crippen LogP contribution in [0.4, 0.5) is 4.39 Å². The number of ether oxygens (including phenoxy) is 1. The Morgan fingerprint density at radius 1 is 1.03 bits per heavy atom. The SMILES string of the molecule is CC(C)C[C@H]1COc2ccccc2C(=O)N(C)CCCCCCN1C(=O)c1ccc(F)cc1. The number of nitrogens with zero attached hydrogens (tertiary/aromatic N) is 2. The van der Waals surface area contributed by atoms with Gasteiger partial charge in [0.25, 0.3) is 11.8 Å². The monoisotopic (exact) mass is 454 g/mol. The van der Waals surface area contributed by atoms with E-state index in [4.69, 9.17) is 4.74 Å². The van der Waals surface area contributed by atoms with Gasteiger partial charge in [-0.15, -0.1) is 0 Å². The van der Waals surface area contributed by atoms with Crippen LogP contribution in [0, 0.1) is 11.7 Å². The molecular weight excluding hydrogens is 419 g/mol. The van der Waals surface area contributed by atoms with Crippen molar-refractivity contribution in [3.8, 4) is 5.75 Å². The fourth-order valence-corrected chi connectivity index (χ4v) is 4.28. The van der Waals surface area contributed by atoms with E-state index in [2.05, 4.69) is 13.8 Å². The van der Waals surface area contributed by atoms with Crippen LogP contribution in [0.5, 0.6) is 5.75 Å². The Balaban J connectivity index is 1.92. The molecule has 33 heavy (non-hydrogen) atoms. The first-order chi connectivity index (χ1) is 15.9. The minimum atomic E-state index is -0.360. The van der Waals surface area contributed by atoms with Gasteiger partial charge in [0.2, 0.25) is 0 Å². The lowest BCUT2D eigenvalue weighted by Crippen LogP contribution is -2.45. The maximum absolute atomic E-state index is 13.5. The molecule has 0 radical (unpaired) electrons. The van der Waals surface area contributed by atoms with E-state index in [1.807, 2.05) is 30.1 Å². The fourth-order valence-electron chi connectivity index (χ4n) is 4.28. The average molecular weight is 455 g/mol. The molecule has 0 aliphatic carbocycles. The average Bonchev–Trinajstić information content (AvgIpc) is 2.80. The summed E-state index contributed by atoms with van der Waals surface area (Å²) in [6.45, 7) is 5.84. The third kappa shape index (κ3) is 6.80. The zero-order chi connectivity index (χ0) is 23.8. The van der Waals surface area contributed by atoms with E-state index in [0.29, 0.717) is 42.5 Å². The molecule has 0 saturated heterocycles. The quantitative estimate of drug-likeness (QED) is 0.623. The van der Waals surface area contributed by atoms with Crippen LogP contribution in [0.2, 0.25) is 0 Å². The van der Waals surface area contributed by atoms with Crippen LogP contribution < -0.4 is 4.74 Å². The molecule has 178 valence electrons. The summed E-state index contributed by atoms with van der Waals surface area (Å²) in [5, 5.41) is 0. The highest BCUT2D eigenvalue weighted by Crippen LogP contribution is 2.24. The van der Waals surface area contributed by atoms with Gasteiger partial charge in [0.05, 0.1) is 11.6 Å². The van der Waals surface area contributed by atoms with Crippen molar-refractivity contribution >= 4 is 11.8 Å². The fraction of sp³-hybridized carbons (Fsp3) is 0.481. The zero-order valence-electron chi connectivity index (χ0n) is 19.9. The lowest BCUT2D eigenvalue weighted by Gasteiger charge is -2.33. The van der Waals surface area contributed by atoms with Crippen LogP contribution in [-0.2, 0) is 0 Å². The second-order valence-electron chi connectivity index (χ2n) is 9.24. The molecular formula is C27H35FN2O3. The Bertz CT molecular complexity index is 929. The lowest BCUT2D eigenvalue weighted by molar-refractivity contribution is 0.0567. The van der Waals surface area contributed by atoms with Gasteiger partial charge in [-0.3, -0.25) is 9.59 Å². The van der Waals surface area contributed by atoms with E-state index in [9.17, 15) is 14.0 Å². The number of rotatable bonds is 3. The van der Waals surface area contributed by atoms with Crippen molar-refractivity contribution in [3.63, 3.8) is 0 Å². The molecule has 2 amide bonds. The Morgan fingerprint density at radius 2 is 1.70 bits per heavy atom. The van der Waals surface area contributed by atoms with Crippen molar-refractivity contribution < 1.29 is 18.7 Å². The summed E-state index contributed by atoms with van der Waals surface area (Å²) < 4.78 is 19.6. The molecule has 1 atom stereocenters. The summed E-state index contributed by atoms with van der Waals surface area (Å²) in [6.07, 6.45) is 4.51. The first-order valence-electron chi connectivity index (χ1n) is 11.9. The van der Waals surface area contributed by atoms with Gasteiger partial charge in [-0.1, -0.05) is 38.8 Å². The predicted octanol–water partition coefficient (Wildman–Crippen LogP) is 5.41. The minimum absolute atomic E-state index is 0.0534. The highest BCUT2D eigenvalue weighted by Gasteiger charge is 2.27. The van der Waals surface area contributed by atoms with E-state index >= 15 is 0 Å². The molecule has 2 aromatic rings. The molecule has 0 spiro atoms. The normalized spacial score (nSPS) is 18.5. The number of para-hydroxylation sites is 1. The zero-order valence-corrected chi connectivity index (χ0v) is 19.9. The summed E-state index contributed by atoms with van der Waals surface area (Å²) in [7, 11) is 1.83.